The smallest absolute Gasteiger partial charge is 0.310 e. The van der Waals surface area contributed by atoms with Crippen LogP contribution < -0.4 is 4.72 Å². The summed E-state index contributed by atoms with van der Waals surface area (Å²) in [6.07, 6.45) is 1.51. The number of carbonyl (C=O) groups excluding carboxylic acids is 2. The van der Waals surface area contributed by atoms with Crippen molar-refractivity contribution in [2.75, 3.05) is 26.2 Å². The van der Waals surface area contributed by atoms with Crippen molar-refractivity contribution in [3.8, 4) is 0 Å². The minimum Gasteiger partial charge on any atom is -0.466 e. The lowest BCUT2D eigenvalue weighted by atomic mass is 9.98. The molecule has 144 valence electrons. The molecule has 0 saturated carbocycles. The van der Waals surface area contributed by atoms with Gasteiger partial charge in [-0.3, -0.25) is 9.59 Å². The van der Waals surface area contributed by atoms with E-state index in [1.54, 1.807) is 24.0 Å². The molecule has 1 atom stereocenters. The number of likely N-dealkylation sites (tertiary alicyclic amines) is 1. The number of esters is 1. The van der Waals surface area contributed by atoms with Crippen molar-refractivity contribution in [3.63, 3.8) is 0 Å². The second-order valence-corrected chi connectivity index (χ2v) is 8.16. The van der Waals surface area contributed by atoms with E-state index in [1.807, 2.05) is 6.92 Å². The summed E-state index contributed by atoms with van der Waals surface area (Å²) in [7, 11) is -3.63. The molecule has 1 aromatic rings. The maximum absolute atomic E-state index is 12.3. The Morgan fingerprint density at radius 1 is 1.27 bits per heavy atom. The number of ether oxygens (including phenoxy) is 1. The van der Waals surface area contributed by atoms with E-state index in [1.165, 1.54) is 12.1 Å². The number of hydrogen-bond acceptors (Lipinski definition) is 5. The van der Waals surface area contributed by atoms with Gasteiger partial charge in [-0.15, -0.1) is 0 Å². The predicted molar refractivity (Wildman–Crippen MR) is 96.9 cm³/mol. The average molecular weight is 382 g/mol. The van der Waals surface area contributed by atoms with Crippen molar-refractivity contribution in [2.24, 2.45) is 5.92 Å². The SMILES string of the molecule is CCOC(=O)C1CCCN(C(=O)CCNS(=O)(=O)c2ccc(C)cc2)C1. The number of benzene rings is 1. The zero-order valence-corrected chi connectivity index (χ0v) is 16.0. The molecule has 1 aliphatic rings. The molecule has 0 spiro atoms. The van der Waals surface area contributed by atoms with E-state index in [-0.39, 0.29) is 35.7 Å². The third-order valence-electron chi connectivity index (χ3n) is 4.36. The predicted octanol–water partition coefficient (Wildman–Crippen LogP) is 1.47. The molecule has 1 fully saturated rings. The number of aryl methyl sites for hydroxylation is 1. The van der Waals surface area contributed by atoms with Gasteiger partial charge >= 0.3 is 5.97 Å². The minimum atomic E-state index is -3.63. The molecule has 0 aliphatic carbocycles. The van der Waals surface area contributed by atoms with Crippen LogP contribution in [0.3, 0.4) is 0 Å². The molecule has 0 bridgehead atoms. The van der Waals surface area contributed by atoms with E-state index < -0.39 is 10.0 Å². The quantitative estimate of drug-likeness (QED) is 0.721. The molecule has 1 N–H and O–H groups in total. The maximum Gasteiger partial charge on any atom is 0.310 e. The van der Waals surface area contributed by atoms with Crippen molar-refractivity contribution in [1.82, 2.24) is 9.62 Å². The molecule has 1 aliphatic heterocycles. The van der Waals surface area contributed by atoms with Gasteiger partial charge in [-0.2, -0.15) is 0 Å². The van der Waals surface area contributed by atoms with E-state index in [2.05, 4.69) is 4.72 Å². The van der Waals surface area contributed by atoms with E-state index in [0.717, 1.165) is 12.0 Å². The third-order valence-corrected chi connectivity index (χ3v) is 5.83. The van der Waals surface area contributed by atoms with Crippen LogP contribution in [-0.2, 0) is 24.3 Å². The lowest BCUT2D eigenvalue weighted by Gasteiger charge is -2.31. The highest BCUT2D eigenvalue weighted by molar-refractivity contribution is 7.89. The molecular weight excluding hydrogens is 356 g/mol. The Morgan fingerprint density at radius 2 is 1.96 bits per heavy atom. The van der Waals surface area contributed by atoms with Crippen molar-refractivity contribution in [2.45, 2.75) is 38.0 Å². The number of hydrogen-bond donors (Lipinski definition) is 1. The molecule has 1 unspecified atom stereocenters. The second-order valence-electron chi connectivity index (χ2n) is 6.39. The van der Waals surface area contributed by atoms with Crippen LogP contribution in [0, 0.1) is 12.8 Å². The Hall–Kier alpha value is -1.93. The van der Waals surface area contributed by atoms with E-state index in [9.17, 15) is 18.0 Å². The van der Waals surface area contributed by atoms with Crippen LogP contribution in [0.2, 0.25) is 0 Å². The van der Waals surface area contributed by atoms with Gasteiger partial charge in [0.05, 0.1) is 17.4 Å². The number of rotatable bonds is 7. The molecule has 1 amide bonds. The molecule has 8 heteroatoms. The fraction of sp³-hybridized carbons (Fsp3) is 0.556. The van der Waals surface area contributed by atoms with Gasteiger partial charge in [-0.05, 0) is 38.8 Å². The van der Waals surface area contributed by atoms with Gasteiger partial charge in [-0.25, -0.2) is 13.1 Å². The zero-order chi connectivity index (χ0) is 19.2. The largest absolute Gasteiger partial charge is 0.466 e. The van der Waals surface area contributed by atoms with E-state index >= 15 is 0 Å². The molecule has 26 heavy (non-hydrogen) atoms. The zero-order valence-electron chi connectivity index (χ0n) is 15.2. The van der Waals surface area contributed by atoms with Gasteiger partial charge in [0, 0.05) is 26.1 Å². The molecule has 1 saturated heterocycles. The molecule has 1 aromatic carbocycles. The van der Waals surface area contributed by atoms with Crippen molar-refractivity contribution in [1.29, 1.82) is 0 Å². The summed E-state index contributed by atoms with van der Waals surface area (Å²) in [4.78, 5) is 26.0. The van der Waals surface area contributed by atoms with Crippen LogP contribution in [0.1, 0.15) is 31.7 Å². The topological polar surface area (TPSA) is 92.8 Å². The Balaban J connectivity index is 1.84. The lowest BCUT2D eigenvalue weighted by Crippen LogP contribution is -2.43. The van der Waals surface area contributed by atoms with E-state index in [4.69, 9.17) is 4.74 Å². The Labute approximate surface area is 154 Å². The number of piperidine rings is 1. The summed E-state index contributed by atoms with van der Waals surface area (Å²) >= 11 is 0. The first-order valence-corrected chi connectivity index (χ1v) is 10.3. The first-order chi connectivity index (χ1) is 12.3. The summed E-state index contributed by atoms with van der Waals surface area (Å²) in [6, 6.07) is 6.52. The minimum absolute atomic E-state index is 0.0234. The van der Waals surface area contributed by atoms with Gasteiger partial charge in [0.2, 0.25) is 15.9 Å². The van der Waals surface area contributed by atoms with Crippen LogP contribution in [-0.4, -0.2) is 51.4 Å². The average Bonchev–Trinajstić information content (AvgIpc) is 2.62. The van der Waals surface area contributed by atoms with Gasteiger partial charge in [0.15, 0.2) is 0 Å². The summed E-state index contributed by atoms with van der Waals surface area (Å²) in [6.45, 7) is 4.90. The maximum atomic E-state index is 12.3. The van der Waals surface area contributed by atoms with Crippen LogP contribution in [0.5, 0.6) is 0 Å². The molecule has 2 rings (SSSR count). The second kappa shape index (κ2) is 9.14. The molecule has 7 nitrogen and oxygen atoms in total. The van der Waals surface area contributed by atoms with Crippen molar-refractivity contribution >= 4 is 21.9 Å². The van der Waals surface area contributed by atoms with E-state index in [0.29, 0.717) is 26.1 Å². The van der Waals surface area contributed by atoms with Gasteiger partial charge in [-0.1, -0.05) is 17.7 Å². The van der Waals surface area contributed by atoms with Crippen molar-refractivity contribution < 1.29 is 22.7 Å². The lowest BCUT2D eigenvalue weighted by molar-refractivity contribution is -0.151. The number of nitrogens with one attached hydrogen (secondary N) is 1. The summed E-state index contributed by atoms with van der Waals surface area (Å²) in [5.74, 6) is -0.729. The summed E-state index contributed by atoms with van der Waals surface area (Å²) in [5, 5.41) is 0. The number of amides is 1. The Bertz CT molecular complexity index is 730. The van der Waals surface area contributed by atoms with Crippen LogP contribution in [0.25, 0.3) is 0 Å². The van der Waals surface area contributed by atoms with Crippen molar-refractivity contribution in [3.05, 3.63) is 29.8 Å². The molecular formula is C18H26N2O5S. The summed E-state index contributed by atoms with van der Waals surface area (Å²) < 4.78 is 31.9. The Morgan fingerprint density at radius 3 is 2.62 bits per heavy atom. The van der Waals surface area contributed by atoms with Gasteiger partial charge in [0.25, 0.3) is 0 Å². The highest BCUT2D eigenvalue weighted by atomic mass is 32.2. The molecule has 0 radical (unpaired) electrons. The summed E-state index contributed by atoms with van der Waals surface area (Å²) in [5.41, 5.74) is 0.973. The number of sulfonamides is 1. The fourth-order valence-corrected chi connectivity index (χ4v) is 3.94. The highest BCUT2D eigenvalue weighted by Crippen LogP contribution is 2.18. The van der Waals surface area contributed by atoms with Crippen LogP contribution in [0.4, 0.5) is 0 Å². The number of carbonyl (C=O) groups is 2. The van der Waals surface area contributed by atoms with Gasteiger partial charge < -0.3 is 9.64 Å². The monoisotopic (exact) mass is 382 g/mol. The molecule has 0 aromatic heterocycles. The first-order valence-electron chi connectivity index (χ1n) is 8.84. The standard InChI is InChI=1S/C18H26N2O5S/c1-3-25-18(22)15-5-4-12-20(13-15)17(21)10-11-19-26(23,24)16-8-6-14(2)7-9-16/h6-9,15,19H,3-5,10-13H2,1-2H3. The van der Waals surface area contributed by atoms with Crippen LogP contribution >= 0.6 is 0 Å². The number of nitrogens with zero attached hydrogens (tertiary/aromatic N) is 1. The normalized spacial score (nSPS) is 17.8. The fourth-order valence-electron chi connectivity index (χ4n) is 2.91. The van der Waals surface area contributed by atoms with Crippen LogP contribution in [0.15, 0.2) is 29.2 Å². The third kappa shape index (κ3) is 5.54. The first kappa shape index (κ1) is 20.4. The highest BCUT2D eigenvalue weighted by Gasteiger charge is 2.29. The molecule has 1 heterocycles. The Kier molecular flexibility index (Phi) is 7.16. The van der Waals surface area contributed by atoms with Gasteiger partial charge in [0.1, 0.15) is 0 Å².